The van der Waals surface area contributed by atoms with Crippen molar-refractivity contribution in [2.24, 2.45) is 5.10 Å². The molecule has 2 rings (SSSR count). The topological polar surface area (TPSA) is 84.0 Å². The van der Waals surface area contributed by atoms with Crippen LogP contribution in [0.25, 0.3) is 0 Å². The normalized spacial score (nSPS) is 20.8. The molecule has 0 saturated heterocycles. The molecule has 0 spiro atoms. The van der Waals surface area contributed by atoms with Crippen LogP contribution in [0.5, 0.6) is 0 Å². The minimum absolute atomic E-state index is 0.157. The number of ether oxygens (including phenoxy) is 1. The second-order valence-corrected chi connectivity index (χ2v) is 2.44. The Kier molecular flexibility index (Phi) is 1.85. The second-order valence-electron chi connectivity index (χ2n) is 2.44. The summed E-state index contributed by atoms with van der Waals surface area (Å²) in [5.41, 5.74) is 0. The average Bonchev–Trinajstić information content (AvgIpc) is 2.71. The van der Waals surface area contributed by atoms with E-state index in [-0.39, 0.29) is 24.7 Å². The van der Waals surface area contributed by atoms with Gasteiger partial charge in [0.1, 0.15) is 6.61 Å². The van der Waals surface area contributed by atoms with Gasteiger partial charge >= 0.3 is 6.01 Å². The number of aromatic nitrogens is 2. The number of rotatable bonds is 2. The van der Waals surface area contributed by atoms with Crippen molar-refractivity contribution in [1.29, 1.82) is 0 Å². The zero-order valence-corrected chi connectivity index (χ0v) is 6.91. The molecule has 1 aliphatic rings. The Morgan fingerprint density at radius 2 is 2.46 bits per heavy atom. The quantitative estimate of drug-likeness (QED) is 0.678. The van der Waals surface area contributed by atoms with E-state index in [2.05, 4.69) is 15.3 Å². The van der Waals surface area contributed by atoms with Crippen LogP contribution in [0.1, 0.15) is 12.8 Å². The van der Waals surface area contributed by atoms with Crippen molar-refractivity contribution in [2.45, 2.75) is 19.8 Å². The van der Waals surface area contributed by atoms with Crippen LogP contribution in [0.15, 0.2) is 9.52 Å². The largest absolute Gasteiger partial charge is 0.457 e. The molecule has 0 bridgehead atoms. The Morgan fingerprint density at radius 1 is 1.62 bits per heavy atom. The van der Waals surface area contributed by atoms with Gasteiger partial charge in [0.2, 0.25) is 5.89 Å². The number of hydrogen-bond donors (Lipinski definition) is 1. The van der Waals surface area contributed by atoms with Crippen molar-refractivity contribution in [2.75, 3.05) is 5.01 Å². The van der Waals surface area contributed by atoms with Crippen LogP contribution < -0.4 is 5.01 Å². The van der Waals surface area contributed by atoms with Gasteiger partial charge in [0.05, 0.1) is 0 Å². The van der Waals surface area contributed by atoms with Gasteiger partial charge in [-0.2, -0.15) is 5.01 Å². The van der Waals surface area contributed by atoms with E-state index in [4.69, 9.17) is 14.3 Å². The third-order valence-electron chi connectivity index (χ3n) is 1.56. The first-order valence-corrected chi connectivity index (χ1v) is 3.71. The predicted molar refractivity (Wildman–Crippen MR) is 41.7 cm³/mol. The summed E-state index contributed by atoms with van der Waals surface area (Å²) in [5.74, 6) is 0.157. The van der Waals surface area contributed by atoms with Crippen LogP contribution in [0.3, 0.4) is 0 Å². The van der Waals surface area contributed by atoms with Crippen LogP contribution in [0, 0.1) is 0 Å². The lowest BCUT2D eigenvalue weighted by Crippen LogP contribution is -2.24. The van der Waals surface area contributed by atoms with Crippen molar-refractivity contribution >= 4 is 12.4 Å². The first-order chi connectivity index (χ1) is 6.31. The van der Waals surface area contributed by atoms with Crippen LogP contribution in [0.4, 0.5) is 6.01 Å². The molecule has 1 atom stereocenters. The highest BCUT2D eigenvalue weighted by molar-refractivity contribution is 5.53. The molecule has 1 aromatic rings. The Hall–Kier alpha value is -1.63. The van der Waals surface area contributed by atoms with Crippen molar-refractivity contribution < 1.29 is 14.3 Å². The molecule has 0 amide bonds. The second kappa shape index (κ2) is 3.02. The fraction of sp³-hybridized carbons (Fsp3) is 0.500. The maximum Gasteiger partial charge on any atom is 0.342 e. The molecule has 0 aliphatic carbocycles. The van der Waals surface area contributed by atoms with E-state index in [0.717, 1.165) is 0 Å². The molecular weight excluding hydrogens is 176 g/mol. The summed E-state index contributed by atoms with van der Waals surface area (Å²) in [5, 5.41) is 21.2. The average molecular weight is 184 g/mol. The molecule has 0 radical (unpaired) electrons. The number of hydrogen-bond acceptors (Lipinski definition) is 7. The number of aliphatic hydroxyl groups excluding tert-OH is 1. The molecule has 0 saturated carbocycles. The van der Waals surface area contributed by atoms with Gasteiger partial charge in [-0.3, -0.25) is 0 Å². The van der Waals surface area contributed by atoms with Gasteiger partial charge in [-0.25, -0.2) is 0 Å². The Labute approximate surface area is 73.6 Å². The molecule has 7 heteroatoms. The van der Waals surface area contributed by atoms with Gasteiger partial charge in [-0.05, 0) is 6.92 Å². The Morgan fingerprint density at radius 3 is 3.00 bits per heavy atom. The van der Waals surface area contributed by atoms with Crippen LogP contribution >= 0.6 is 0 Å². The van der Waals surface area contributed by atoms with Gasteiger partial charge in [-0.15, -0.1) is 10.2 Å². The minimum Gasteiger partial charge on any atom is -0.457 e. The summed E-state index contributed by atoms with van der Waals surface area (Å²) in [4.78, 5) is 0. The Bertz CT molecular complexity index is 323. The van der Waals surface area contributed by atoms with E-state index in [1.54, 1.807) is 6.92 Å². The van der Waals surface area contributed by atoms with Crippen LogP contribution in [-0.2, 0) is 11.3 Å². The molecule has 70 valence electrons. The van der Waals surface area contributed by atoms with E-state index in [0.29, 0.717) is 0 Å². The molecule has 1 aliphatic heterocycles. The highest BCUT2D eigenvalue weighted by Gasteiger charge is 2.23. The lowest BCUT2D eigenvalue weighted by molar-refractivity contribution is 0.224. The van der Waals surface area contributed by atoms with Crippen molar-refractivity contribution in [3.05, 3.63) is 5.89 Å². The van der Waals surface area contributed by atoms with Crippen LogP contribution in [-0.4, -0.2) is 27.9 Å². The molecule has 1 unspecified atom stereocenters. The lowest BCUT2D eigenvalue weighted by Gasteiger charge is -2.12. The first-order valence-electron chi connectivity index (χ1n) is 3.71. The lowest BCUT2D eigenvalue weighted by atomic mass is 10.6. The standard InChI is InChI=1S/C6H8N4O3/c1-4-10(7-3-12-4)6-9-8-5(2-11)13-6/h3-4,11H,2H2,1H3. The monoisotopic (exact) mass is 184 g/mol. The zero-order chi connectivity index (χ0) is 9.26. The maximum atomic E-state index is 8.68. The van der Waals surface area contributed by atoms with Gasteiger partial charge in [0, 0.05) is 0 Å². The molecule has 13 heavy (non-hydrogen) atoms. The van der Waals surface area contributed by atoms with E-state index in [1.165, 1.54) is 11.4 Å². The van der Waals surface area contributed by atoms with Gasteiger partial charge in [0.15, 0.2) is 12.6 Å². The van der Waals surface area contributed by atoms with E-state index in [9.17, 15) is 0 Å². The molecule has 7 nitrogen and oxygen atoms in total. The molecular formula is C6H8N4O3. The van der Waals surface area contributed by atoms with Crippen molar-refractivity contribution in [1.82, 2.24) is 10.2 Å². The molecule has 1 aromatic heterocycles. The predicted octanol–water partition coefficient (Wildman–Crippen LogP) is -0.312. The summed E-state index contributed by atoms with van der Waals surface area (Å²) in [6.07, 6.45) is 1.04. The summed E-state index contributed by atoms with van der Waals surface area (Å²) in [6.45, 7) is 1.51. The van der Waals surface area contributed by atoms with E-state index < -0.39 is 0 Å². The number of aliphatic hydroxyl groups is 1. The Balaban J connectivity index is 2.20. The van der Waals surface area contributed by atoms with E-state index >= 15 is 0 Å². The van der Waals surface area contributed by atoms with Crippen LogP contribution in [0.2, 0.25) is 0 Å². The van der Waals surface area contributed by atoms with E-state index in [1.807, 2.05) is 0 Å². The smallest absolute Gasteiger partial charge is 0.342 e. The molecule has 1 N–H and O–H groups in total. The van der Waals surface area contributed by atoms with Crippen molar-refractivity contribution in [3.8, 4) is 0 Å². The fourth-order valence-corrected chi connectivity index (χ4v) is 0.924. The highest BCUT2D eigenvalue weighted by atomic mass is 16.5. The highest BCUT2D eigenvalue weighted by Crippen LogP contribution is 2.18. The summed E-state index contributed by atoms with van der Waals surface area (Å²) in [6, 6.07) is 0.213. The first kappa shape index (κ1) is 7.99. The summed E-state index contributed by atoms with van der Waals surface area (Å²) in [7, 11) is 0. The maximum absolute atomic E-state index is 8.68. The summed E-state index contributed by atoms with van der Waals surface area (Å²) < 4.78 is 10.1. The minimum atomic E-state index is -0.278. The SMILES string of the molecule is CC1OC=NN1c1nnc(CO)o1. The third-order valence-corrected chi connectivity index (χ3v) is 1.56. The van der Waals surface area contributed by atoms with Gasteiger partial charge in [0.25, 0.3) is 0 Å². The zero-order valence-electron chi connectivity index (χ0n) is 6.91. The third kappa shape index (κ3) is 1.33. The number of anilines is 1. The van der Waals surface area contributed by atoms with Gasteiger partial charge in [-0.1, -0.05) is 5.10 Å². The molecule has 0 fully saturated rings. The van der Waals surface area contributed by atoms with Crippen molar-refractivity contribution in [3.63, 3.8) is 0 Å². The number of hydrazone groups is 1. The molecule has 2 heterocycles. The van der Waals surface area contributed by atoms with Gasteiger partial charge < -0.3 is 14.3 Å². The fourth-order valence-electron chi connectivity index (χ4n) is 0.924. The summed E-state index contributed by atoms with van der Waals surface area (Å²) >= 11 is 0. The molecule has 0 aromatic carbocycles. The number of nitrogens with zero attached hydrogens (tertiary/aromatic N) is 4.